The maximum Gasteiger partial charge on any atom is 0.273 e. The number of aryl methyl sites for hydroxylation is 1. The standard InChI is InChI=1S/C19H20Cl2N6O2/c1-10(2)8-22-19(29)17-16(9-23-27(17)3)24-18(28)15-7-14(25-26-15)12-5-4-11(20)6-13(12)21/h4-7,9-10H,8H2,1-3H3,(H,22,29)(H,24,28)(H,25,26). The van der Waals surface area contributed by atoms with Crippen LogP contribution in [-0.2, 0) is 7.05 Å². The third-order valence-electron chi connectivity index (χ3n) is 4.10. The first-order valence-electron chi connectivity index (χ1n) is 8.88. The molecule has 0 aliphatic carbocycles. The molecule has 1 aromatic carbocycles. The number of H-pyrrole nitrogens is 1. The van der Waals surface area contributed by atoms with Gasteiger partial charge in [-0.25, -0.2) is 0 Å². The molecule has 0 fully saturated rings. The molecule has 8 nitrogen and oxygen atoms in total. The molecule has 2 aromatic heterocycles. The summed E-state index contributed by atoms with van der Waals surface area (Å²) in [6, 6.07) is 6.58. The highest BCUT2D eigenvalue weighted by atomic mass is 35.5. The lowest BCUT2D eigenvalue weighted by Crippen LogP contribution is -2.30. The maximum absolute atomic E-state index is 12.6. The quantitative estimate of drug-likeness (QED) is 0.549. The van der Waals surface area contributed by atoms with Crippen molar-refractivity contribution in [3.05, 3.63) is 51.9 Å². The van der Waals surface area contributed by atoms with E-state index in [0.717, 1.165) is 0 Å². The summed E-state index contributed by atoms with van der Waals surface area (Å²) in [7, 11) is 1.64. The zero-order chi connectivity index (χ0) is 21.1. The minimum Gasteiger partial charge on any atom is -0.350 e. The number of benzene rings is 1. The van der Waals surface area contributed by atoms with Crippen LogP contribution in [0.3, 0.4) is 0 Å². The van der Waals surface area contributed by atoms with E-state index >= 15 is 0 Å². The SMILES string of the molecule is CC(C)CNC(=O)c1c(NC(=O)c2cc(-c3ccc(Cl)cc3Cl)n[nH]2)cnn1C. The molecule has 0 aliphatic heterocycles. The molecule has 29 heavy (non-hydrogen) atoms. The normalized spacial score (nSPS) is 11.0. The van der Waals surface area contributed by atoms with Crippen LogP contribution >= 0.6 is 23.2 Å². The number of rotatable bonds is 6. The van der Waals surface area contributed by atoms with Crippen molar-refractivity contribution in [2.75, 3.05) is 11.9 Å². The van der Waals surface area contributed by atoms with Crippen LogP contribution < -0.4 is 10.6 Å². The lowest BCUT2D eigenvalue weighted by Gasteiger charge is -2.10. The fourth-order valence-corrected chi connectivity index (χ4v) is 3.15. The summed E-state index contributed by atoms with van der Waals surface area (Å²) in [5.74, 6) is -0.472. The largest absolute Gasteiger partial charge is 0.350 e. The summed E-state index contributed by atoms with van der Waals surface area (Å²) in [6.45, 7) is 4.51. The van der Waals surface area contributed by atoms with Gasteiger partial charge in [-0.15, -0.1) is 0 Å². The van der Waals surface area contributed by atoms with Crippen LogP contribution in [0.1, 0.15) is 34.8 Å². The van der Waals surface area contributed by atoms with Gasteiger partial charge in [0.1, 0.15) is 11.4 Å². The van der Waals surface area contributed by atoms with Gasteiger partial charge in [0.25, 0.3) is 11.8 Å². The zero-order valence-corrected chi connectivity index (χ0v) is 17.6. The average molecular weight is 435 g/mol. The lowest BCUT2D eigenvalue weighted by atomic mass is 10.1. The van der Waals surface area contributed by atoms with E-state index in [4.69, 9.17) is 23.2 Å². The summed E-state index contributed by atoms with van der Waals surface area (Å²) in [5.41, 5.74) is 1.92. The zero-order valence-electron chi connectivity index (χ0n) is 16.1. The Morgan fingerprint density at radius 3 is 2.66 bits per heavy atom. The first-order chi connectivity index (χ1) is 13.8. The predicted octanol–water partition coefficient (Wildman–Crippen LogP) is 3.76. The summed E-state index contributed by atoms with van der Waals surface area (Å²) in [5, 5.41) is 17.3. The molecule has 0 aliphatic rings. The monoisotopic (exact) mass is 434 g/mol. The molecule has 0 saturated carbocycles. The van der Waals surface area contributed by atoms with Gasteiger partial charge in [-0.3, -0.25) is 19.4 Å². The molecule has 0 spiro atoms. The molecular formula is C19H20Cl2N6O2. The van der Waals surface area contributed by atoms with Gasteiger partial charge in [0.05, 0.1) is 22.6 Å². The molecular weight excluding hydrogens is 415 g/mol. The number of aromatic amines is 1. The number of carbonyl (C=O) groups excluding carboxylic acids is 2. The Morgan fingerprint density at radius 1 is 1.21 bits per heavy atom. The number of hydrogen-bond donors (Lipinski definition) is 3. The van der Waals surface area contributed by atoms with Crippen LogP contribution in [0.2, 0.25) is 10.0 Å². The lowest BCUT2D eigenvalue weighted by molar-refractivity contribution is 0.0940. The molecule has 3 aromatic rings. The minimum atomic E-state index is -0.459. The van der Waals surface area contributed by atoms with Crippen LogP contribution in [0, 0.1) is 5.92 Å². The number of aromatic nitrogens is 4. The van der Waals surface area contributed by atoms with Gasteiger partial charge < -0.3 is 10.6 Å². The smallest absolute Gasteiger partial charge is 0.273 e. The third-order valence-corrected chi connectivity index (χ3v) is 4.65. The maximum atomic E-state index is 12.6. The van der Waals surface area contributed by atoms with Crippen LogP contribution in [0.5, 0.6) is 0 Å². The Hall–Kier alpha value is -2.84. The van der Waals surface area contributed by atoms with E-state index in [2.05, 4.69) is 25.9 Å². The highest BCUT2D eigenvalue weighted by Crippen LogP contribution is 2.29. The van der Waals surface area contributed by atoms with Gasteiger partial charge in [-0.1, -0.05) is 37.0 Å². The molecule has 0 bridgehead atoms. The van der Waals surface area contributed by atoms with E-state index in [-0.39, 0.29) is 17.3 Å². The van der Waals surface area contributed by atoms with Crippen LogP contribution in [-0.4, -0.2) is 38.3 Å². The number of nitrogens with zero attached hydrogens (tertiary/aromatic N) is 3. The number of hydrogen-bond acceptors (Lipinski definition) is 4. The molecule has 2 heterocycles. The predicted molar refractivity (Wildman–Crippen MR) is 112 cm³/mol. The van der Waals surface area contributed by atoms with E-state index in [1.54, 1.807) is 31.3 Å². The van der Waals surface area contributed by atoms with Crippen molar-refractivity contribution in [2.24, 2.45) is 13.0 Å². The summed E-state index contributed by atoms with van der Waals surface area (Å²) >= 11 is 12.1. The Balaban J connectivity index is 1.78. The highest BCUT2D eigenvalue weighted by Gasteiger charge is 2.20. The fourth-order valence-electron chi connectivity index (χ4n) is 2.64. The van der Waals surface area contributed by atoms with Gasteiger partial charge in [0, 0.05) is 24.2 Å². The molecule has 3 rings (SSSR count). The van der Waals surface area contributed by atoms with Gasteiger partial charge in [0.2, 0.25) is 0 Å². The molecule has 0 radical (unpaired) electrons. The van der Waals surface area contributed by atoms with Crippen molar-refractivity contribution in [3.63, 3.8) is 0 Å². The molecule has 3 N–H and O–H groups in total. The van der Waals surface area contributed by atoms with Crippen LogP contribution in [0.15, 0.2) is 30.5 Å². The second kappa shape index (κ2) is 8.67. The van der Waals surface area contributed by atoms with Crippen LogP contribution in [0.4, 0.5) is 5.69 Å². The van der Waals surface area contributed by atoms with E-state index in [9.17, 15) is 9.59 Å². The Morgan fingerprint density at radius 2 is 1.97 bits per heavy atom. The number of halogens is 2. The van der Waals surface area contributed by atoms with Crippen molar-refractivity contribution in [3.8, 4) is 11.3 Å². The first kappa shape index (κ1) is 20.9. The molecule has 0 unspecified atom stereocenters. The van der Waals surface area contributed by atoms with Crippen molar-refractivity contribution in [1.29, 1.82) is 0 Å². The van der Waals surface area contributed by atoms with Crippen molar-refractivity contribution in [2.45, 2.75) is 13.8 Å². The van der Waals surface area contributed by atoms with Gasteiger partial charge in [-0.2, -0.15) is 10.2 Å². The Bertz CT molecular complexity index is 1060. The van der Waals surface area contributed by atoms with E-state index in [0.29, 0.717) is 39.5 Å². The van der Waals surface area contributed by atoms with E-state index in [1.165, 1.54) is 10.9 Å². The second-order valence-electron chi connectivity index (χ2n) is 6.88. The Labute approximate surface area is 177 Å². The van der Waals surface area contributed by atoms with Gasteiger partial charge >= 0.3 is 0 Å². The highest BCUT2D eigenvalue weighted by molar-refractivity contribution is 6.36. The van der Waals surface area contributed by atoms with Crippen LogP contribution in [0.25, 0.3) is 11.3 Å². The summed E-state index contributed by atoms with van der Waals surface area (Å²) < 4.78 is 1.41. The third kappa shape index (κ3) is 4.78. The van der Waals surface area contributed by atoms with Gasteiger partial charge in [0.15, 0.2) is 0 Å². The molecule has 0 atom stereocenters. The fraction of sp³-hybridized carbons (Fsp3) is 0.263. The van der Waals surface area contributed by atoms with Gasteiger partial charge in [-0.05, 0) is 30.2 Å². The second-order valence-corrected chi connectivity index (χ2v) is 7.72. The number of nitrogens with one attached hydrogen (secondary N) is 3. The van der Waals surface area contributed by atoms with Crippen molar-refractivity contribution in [1.82, 2.24) is 25.3 Å². The van der Waals surface area contributed by atoms with E-state index in [1.807, 2.05) is 13.8 Å². The average Bonchev–Trinajstić information content (AvgIpc) is 3.27. The van der Waals surface area contributed by atoms with Crippen molar-refractivity contribution < 1.29 is 9.59 Å². The number of amides is 2. The molecule has 2 amide bonds. The first-order valence-corrected chi connectivity index (χ1v) is 9.64. The molecule has 0 saturated heterocycles. The summed E-state index contributed by atoms with van der Waals surface area (Å²) in [6.07, 6.45) is 1.43. The molecule has 152 valence electrons. The van der Waals surface area contributed by atoms with E-state index < -0.39 is 5.91 Å². The summed E-state index contributed by atoms with van der Waals surface area (Å²) in [4.78, 5) is 25.1. The molecule has 10 heteroatoms. The van der Waals surface area contributed by atoms with Crippen molar-refractivity contribution >= 4 is 40.7 Å². The minimum absolute atomic E-state index is 0.211. The topological polar surface area (TPSA) is 105 Å². The number of anilines is 1. The Kier molecular flexibility index (Phi) is 6.24. The number of carbonyl (C=O) groups is 2.